The van der Waals surface area contributed by atoms with E-state index in [0.29, 0.717) is 5.41 Å². The lowest BCUT2D eigenvalue weighted by molar-refractivity contribution is 0.270. The van der Waals surface area contributed by atoms with Crippen molar-refractivity contribution in [2.24, 2.45) is 5.41 Å². The molecule has 3 heterocycles. The summed E-state index contributed by atoms with van der Waals surface area (Å²) in [6.45, 7) is 6.01. The summed E-state index contributed by atoms with van der Waals surface area (Å²) in [6, 6.07) is 4.16. The number of nitrogens with zero attached hydrogens (tertiary/aromatic N) is 1. The maximum absolute atomic E-state index is 5.96. The summed E-state index contributed by atoms with van der Waals surface area (Å²) in [5.74, 6) is 0. The number of thiophene rings is 1. The van der Waals surface area contributed by atoms with Crippen LogP contribution in [0.15, 0.2) is 12.1 Å². The van der Waals surface area contributed by atoms with E-state index in [1.165, 1.54) is 43.9 Å². The first-order chi connectivity index (χ1) is 7.76. The second-order valence-corrected chi connectivity index (χ2v) is 6.89. The lowest BCUT2D eigenvalue weighted by atomic mass is 9.87. The fourth-order valence-electron chi connectivity index (χ4n) is 2.96. The van der Waals surface area contributed by atoms with E-state index in [1.54, 1.807) is 11.3 Å². The van der Waals surface area contributed by atoms with Gasteiger partial charge in [-0.3, -0.25) is 4.90 Å². The summed E-state index contributed by atoms with van der Waals surface area (Å²) < 4.78 is 0.909. The van der Waals surface area contributed by atoms with Crippen LogP contribution in [0.25, 0.3) is 0 Å². The van der Waals surface area contributed by atoms with Gasteiger partial charge in [0.2, 0.25) is 0 Å². The Labute approximate surface area is 118 Å². The van der Waals surface area contributed by atoms with E-state index in [0.717, 1.165) is 10.9 Å². The smallest absolute Gasteiger partial charge is 0.0931 e. The molecule has 0 aromatic carbocycles. The van der Waals surface area contributed by atoms with Crippen LogP contribution in [0.1, 0.15) is 17.7 Å². The van der Waals surface area contributed by atoms with Crippen LogP contribution in [-0.4, -0.2) is 31.1 Å². The van der Waals surface area contributed by atoms with Gasteiger partial charge in [-0.25, -0.2) is 0 Å². The van der Waals surface area contributed by atoms with Gasteiger partial charge in [0, 0.05) is 24.5 Å². The van der Waals surface area contributed by atoms with Gasteiger partial charge in [-0.1, -0.05) is 11.6 Å². The van der Waals surface area contributed by atoms with Crippen molar-refractivity contribution in [3.05, 3.63) is 21.3 Å². The number of halogens is 2. The fourth-order valence-corrected chi connectivity index (χ4v) is 4.09. The molecule has 1 N–H and O–H groups in total. The number of nitrogens with one attached hydrogen (secondary N) is 1. The predicted octanol–water partition coefficient (Wildman–Crippen LogP) is 3.01. The minimum absolute atomic E-state index is 0. The Hall–Kier alpha value is 0.200. The van der Waals surface area contributed by atoms with Crippen LogP contribution in [0.4, 0.5) is 0 Å². The minimum atomic E-state index is 0. The van der Waals surface area contributed by atoms with Gasteiger partial charge in [0.25, 0.3) is 0 Å². The fraction of sp³-hybridized carbons (Fsp3) is 0.667. The molecule has 1 unspecified atom stereocenters. The monoisotopic (exact) mass is 292 g/mol. The molecule has 1 aromatic rings. The normalized spacial score (nSPS) is 28.8. The molecule has 1 atom stereocenters. The van der Waals surface area contributed by atoms with Gasteiger partial charge < -0.3 is 5.32 Å². The summed E-state index contributed by atoms with van der Waals surface area (Å²) in [5, 5.41) is 3.50. The standard InChI is InChI=1S/C12H17ClN2S.ClH/c13-11-2-1-10(16-11)7-15-6-4-12(9-15)3-5-14-8-12;/h1-2,14H,3-9H2;1H. The van der Waals surface area contributed by atoms with Gasteiger partial charge in [-0.2, -0.15) is 0 Å². The Morgan fingerprint density at radius 1 is 1.41 bits per heavy atom. The van der Waals surface area contributed by atoms with Gasteiger partial charge in [-0.05, 0) is 43.5 Å². The van der Waals surface area contributed by atoms with Gasteiger partial charge >= 0.3 is 0 Å². The number of rotatable bonds is 2. The van der Waals surface area contributed by atoms with E-state index >= 15 is 0 Å². The van der Waals surface area contributed by atoms with E-state index in [2.05, 4.69) is 16.3 Å². The van der Waals surface area contributed by atoms with Crippen LogP contribution in [0.3, 0.4) is 0 Å². The molecular formula is C12H18Cl2N2S. The van der Waals surface area contributed by atoms with Crippen molar-refractivity contribution in [2.75, 3.05) is 26.2 Å². The zero-order valence-corrected chi connectivity index (χ0v) is 12.1. The van der Waals surface area contributed by atoms with E-state index in [1.807, 2.05) is 6.07 Å². The molecule has 0 amide bonds. The predicted molar refractivity (Wildman–Crippen MR) is 76.4 cm³/mol. The molecule has 96 valence electrons. The molecule has 2 aliphatic heterocycles. The molecule has 1 aromatic heterocycles. The maximum Gasteiger partial charge on any atom is 0.0931 e. The average Bonchev–Trinajstić information content (AvgIpc) is 2.94. The van der Waals surface area contributed by atoms with Crippen LogP contribution in [0, 0.1) is 5.41 Å². The second kappa shape index (κ2) is 5.45. The summed E-state index contributed by atoms with van der Waals surface area (Å²) in [5.41, 5.74) is 0.584. The summed E-state index contributed by atoms with van der Waals surface area (Å²) in [7, 11) is 0. The van der Waals surface area contributed by atoms with Crippen molar-refractivity contribution in [1.82, 2.24) is 10.2 Å². The van der Waals surface area contributed by atoms with Crippen molar-refractivity contribution in [3.8, 4) is 0 Å². The first-order valence-corrected chi connectivity index (χ1v) is 7.13. The average molecular weight is 293 g/mol. The molecule has 3 rings (SSSR count). The molecule has 2 aliphatic rings. The highest BCUT2D eigenvalue weighted by Gasteiger charge is 2.40. The van der Waals surface area contributed by atoms with E-state index in [-0.39, 0.29) is 12.4 Å². The van der Waals surface area contributed by atoms with E-state index < -0.39 is 0 Å². The Morgan fingerprint density at radius 2 is 2.29 bits per heavy atom. The van der Waals surface area contributed by atoms with Crippen molar-refractivity contribution in [3.63, 3.8) is 0 Å². The maximum atomic E-state index is 5.96. The highest BCUT2D eigenvalue weighted by atomic mass is 35.5. The quantitative estimate of drug-likeness (QED) is 0.901. The van der Waals surface area contributed by atoms with Gasteiger partial charge in [0.1, 0.15) is 0 Å². The largest absolute Gasteiger partial charge is 0.316 e. The van der Waals surface area contributed by atoms with Crippen molar-refractivity contribution in [2.45, 2.75) is 19.4 Å². The van der Waals surface area contributed by atoms with Gasteiger partial charge in [0.05, 0.1) is 4.34 Å². The molecule has 0 aliphatic carbocycles. The molecule has 2 nitrogen and oxygen atoms in total. The van der Waals surface area contributed by atoms with E-state index in [4.69, 9.17) is 11.6 Å². The Morgan fingerprint density at radius 3 is 2.94 bits per heavy atom. The molecule has 0 saturated carbocycles. The zero-order valence-electron chi connectivity index (χ0n) is 9.75. The van der Waals surface area contributed by atoms with Gasteiger partial charge in [0.15, 0.2) is 0 Å². The number of hydrogen-bond acceptors (Lipinski definition) is 3. The first-order valence-electron chi connectivity index (χ1n) is 5.93. The second-order valence-electron chi connectivity index (χ2n) is 5.09. The summed E-state index contributed by atoms with van der Waals surface area (Å²) in [6.07, 6.45) is 2.72. The molecule has 5 heteroatoms. The number of hydrogen-bond donors (Lipinski definition) is 1. The van der Waals surface area contributed by atoms with Crippen LogP contribution in [-0.2, 0) is 6.54 Å². The minimum Gasteiger partial charge on any atom is -0.316 e. The summed E-state index contributed by atoms with van der Waals surface area (Å²) >= 11 is 7.67. The molecule has 17 heavy (non-hydrogen) atoms. The first kappa shape index (κ1) is 13.6. The molecule has 2 fully saturated rings. The molecule has 0 bridgehead atoms. The number of likely N-dealkylation sites (tertiary alicyclic amines) is 1. The lowest BCUT2D eigenvalue weighted by Gasteiger charge is -2.22. The Bertz CT molecular complexity index is 374. The third-order valence-electron chi connectivity index (χ3n) is 3.86. The third kappa shape index (κ3) is 2.96. The van der Waals surface area contributed by atoms with Crippen LogP contribution >= 0.6 is 35.3 Å². The molecule has 1 spiro atoms. The van der Waals surface area contributed by atoms with Crippen molar-refractivity contribution >= 4 is 35.3 Å². The van der Waals surface area contributed by atoms with Crippen LogP contribution < -0.4 is 5.32 Å². The lowest BCUT2D eigenvalue weighted by Crippen LogP contribution is -2.28. The SMILES string of the molecule is Cl.Clc1ccc(CN2CCC3(CCNC3)C2)s1. The molecule has 2 saturated heterocycles. The van der Waals surface area contributed by atoms with Gasteiger partial charge in [-0.15, -0.1) is 23.7 Å². The van der Waals surface area contributed by atoms with Crippen molar-refractivity contribution < 1.29 is 0 Å². The topological polar surface area (TPSA) is 15.3 Å². The molecular weight excluding hydrogens is 275 g/mol. The Kier molecular flexibility index (Phi) is 4.37. The van der Waals surface area contributed by atoms with Crippen LogP contribution in [0.2, 0.25) is 4.34 Å². The van der Waals surface area contributed by atoms with E-state index in [9.17, 15) is 0 Å². The zero-order chi connectivity index (χ0) is 11.0. The molecule has 0 radical (unpaired) electrons. The highest BCUT2D eigenvalue weighted by Crippen LogP contribution is 2.37. The third-order valence-corrected chi connectivity index (χ3v) is 5.07. The summed E-state index contributed by atoms with van der Waals surface area (Å²) in [4.78, 5) is 3.97. The highest BCUT2D eigenvalue weighted by molar-refractivity contribution is 7.16. The van der Waals surface area contributed by atoms with Crippen LogP contribution in [0.5, 0.6) is 0 Å². The Balaban J connectivity index is 0.00000108. The van der Waals surface area contributed by atoms with Crippen molar-refractivity contribution in [1.29, 1.82) is 0 Å².